The van der Waals surface area contributed by atoms with E-state index < -0.39 is 24.1 Å². The lowest BCUT2D eigenvalue weighted by atomic mass is 9.84. The van der Waals surface area contributed by atoms with Crippen LogP contribution in [-0.2, 0) is 28.7 Å². The Labute approximate surface area is 254 Å². The maximum atomic E-state index is 13.2. The van der Waals surface area contributed by atoms with E-state index in [1.165, 1.54) is 0 Å². The lowest BCUT2D eigenvalue weighted by Crippen LogP contribution is -2.57. The number of hydrogen-bond donors (Lipinski definition) is 5. The van der Waals surface area contributed by atoms with E-state index in [1.54, 1.807) is 20.8 Å². The number of carbonyl (C=O) groups excluding carboxylic acids is 6. The third-order valence-electron chi connectivity index (χ3n) is 7.74. The fraction of sp³-hybridized carbons (Fsp3) is 0.677. The SMILES string of the molecule is CC1=C(C)C(=O)C(CCCOC(=O)NCCC[C@H](NC(=O)[C@@H](NC(=O)[C@@H]2CCCN2)C(C)C)C(=O)NC(C)C)=C(C)C1=O. The first-order chi connectivity index (χ1) is 20.2. The number of carbonyl (C=O) groups is 6. The van der Waals surface area contributed by atoms with Gasteiger partial charge in [0.2, 0.25) is 17.7 Å². The molecule has 0 aromatic carbocycles. The summed E-state index contributed by atoms with van der Waals surface area (Å²) in [5, 5.41) is 14.2. The Hall–Kier alpha value is -3.54. The molecule has 5 N–H and O–H groups in total. The fourth-order valence-electron chi connectivity index (χ4n) is 5.03. The minimum absolute atomic E-state index is 0.0694. The Morgan fingerprint density at radius 2 is 1.56 bits per heavy atom. The second-order valence-corrected chi connectivity index (χ2v) is 11.9. The number of Topliss-reactive ketones (excluding diaryl/α,β-unsaturated/α-hetero) is 2. The van der Waals surface area contributed by atoms with Gasteiger partial charge < -0.3 is 31.3 Å². The number of nitrogens with one attached hydrogen (secondary N) is 5. The molecule has 240 valence electrons. The van der Waals surface area contributed by atoms with Gasteiger partial charge in [-0.2, -0.15) is 0 Å². The van der Waals surface area contributed by atoms with Crippen LogP contribution in [0.15, 0.2) is 22.3 Å². The predicted molar refractivity (Wildman–Crippen MR) is 162 cm³/mol. The summed E-state index contributed by atoms with van der Waals surface area (Å²) in [5.41, 5.74) is 1.81. The highest BCUT2D eigenvalue weighted by molar-refractivity contribution is 6.24. The summed E-state index contributed by atoms with van der Waals surface area (Å²) in [6.07, 6.45) is 2.32. The van der Waals surface area contributed by atoms with E-state index >= 15 is 0 Å². The molecule has 1 fully saturated rings. The molecule has 43 heavy (non-hydrogen) atoms. The van der Waals surface area contributed by atoms with Crippen molar-refractivity contribution in [1.82, 2.24) is 26.6 Å². The molecule has 12 heteroatoms. The highest BCUT2D eigenvalue weighted by Crippen LogP contribution is 2.26. The van der Waals surface area contributed by atoms with Crippen LogP contribution in [0.1, 0.15) is 87.0 Å². The molecule has 2 aliphatic rings. The number of ketones is 2. The van der Waals surface area contributed by atoms with Gasteiger partial charge in [0.25, 0.3) is 0 Å². The topological polar surface area (TPSA) is 172 Å². The van der Waals surface area contributed by atoms with Gasteiger partial charge in [-0.25, -0.2) is 4.79 Å². The third-order valence-corrected chi connectivity index (χ3v) is 7.74. The van der Waals surface area contributed by atoms with E-state index in [0.29, 0.717) is 48.0 Å². The van der Waals surface area contributed by atoms with Crippen molar-refractivity contribution in [1.29, 1.82) is 0 Å². The number of amides is 4. The van der Waals surface area contributed by atoms with Crippen molar-refractivity contribution in [2.24, 2.45) is 5.92 Å². The fourth-order valence-corrected chi connectivity index (χ4v) is 5.03. The first kappa shape index (κ1) is 35.7. The zero-order valence-electron chi connectivity index (χ0n) is 26.6. The Bertz CT molecular complexity index is 1140. The summed E-state index contributed by atoms with van der Waals surface area (Å²) >= 11 is 0. The van der Waals surface area contributed by atoms with E-state index in [-0.39, 0.29) is 61.0 Å². The first-order valence-corrected chi connectivity index (χ1v) is 15.3. The summed E-state index contributed by atoms with van der Waals surface area (Å²) in [5.74, 6) is -1.50. The Kier molecular flexibility index (Phi) is 14.0. The van der Waals surface area contributed by atoms with Crippen molar-refractivity contribution < 1.29 is 33.5 Å². The zero-order valence-corrected chi connectivity index (χ0v) is 26.6. The van der Waals surface area contributed by atoms with Crippen LogP contribution in [-0.4, -0.2) is 79.2 Å². The highest BCUT2D eigenvalue weighted by Gasteiger charge is 2.32. The van der Waals surface area contributed by atoms with Crippen molar-refractivity contribution in [2.75, 3.05) is 19.7 Å². The van der Waals surface area contributed by atoms with Crippen molar-refractivity contribution in [3.63, 3.8) is 0 Å². The molecule has 4 amide bonds. The summed E-state index contributed by atoms with van der Waals surface area (Å²) in [7, 11) is 0. The van der Waals surface area contributed by atoms with Gasteiger partial charge in [0, 0.05) is 34.9 Å². The molecular formula is C31H49N5O7. The van der Waals surface area contributed by atoms with Crippen LogP contribution in [0.25, 0.3) is 0 Å². The minimum Gasteiger partial charge on any atom is -0.450 e. The molecule has 0 bridgehead atoms. The molecule has 0 saturated carbocycles. The Morgan fingerprint density at radius 1 is 0.884 bits per heavy atom. The average molecular weight is 604 g/mol. The number of rotatable bonds is 15. The number of ether oxygens (including phenoxy) is 1. The molecule has 1 aliphatic heterocycles. The molecule has 0 unspecified atom stereocenters. The van der Waals surface area contributed by atoms with Crippen LogP contribution in [0.2, 0.25) is 0 Å². The Balaban J connectivity index is 1.83. The molecule has 0 aromatic heterocycles. The van der Waals surface area contributed by atoms with E-state index in [4.69, 9.17) is 4.74 Å². The molecule has 0 radical (unpaired) electrons. The summed E-state index contributed by atoms with van der Waals surface area (Å²) in [6, 6.07) is -2.13. The van der Waals surface area contributed by atoms with Crippen molar-refractivity contribution >= 4 is 35.4 Å². The molecule has 0 aromatic rings. The van der Waals surface area contributed by atoms with Gasteiger partial charge in [-0.3, -0.25) is 24.0 Å². The number of allylic oxidation sites excluding steroid dienone is 4. The third kappa shape index (κ3) is 10.6. The smallest absolute Gasteiger partial charge is 0.407 e. The highest BCUT2D eigenvalue weighted by atomic mass is 16.5. The zero-order chi connectivity index (χ0) is 32.3. The van der Waals surface area contributed by atoms with Gasteiger partial charge >= 0.3 is 6.09 Å². The van der Waals surface area contributed by atoms with Gasteiger partial charge in [0.15, 0.2) is 11.6 Å². The maximum Gasteiger partial charge on any atom is 0.407 e. The molecule has 1 aliphatic carbocycles. The second kappa shape index (κ2) is 16.9. The number of alkyl carbamates (subject to hydrolysis) is 1. The second-order valence-electron chi connectivity index (χ2n) is 11.9. The van der Waals surface area contributed by atoms with Crippen LogP contribution in [0, 0.1) is 5.92 Å². The van der Waals surface area contributed by atoms with Gasteiger partial charge in [0.05, 0.1) is 12.6 Å². The molecule has 0 spiro atoms. The molecule has 2 rings (SSSR count). The first-order valence-electron chi connectivity index (χ1n) is 15.3. The Morgan fingerprint density at radius 3 is 2.16 bits per heavy atom. The van der Waals surface area contributed by atoms with E-state index in [9.17, 15) is 28.8 Å². The monoisotopic (exact) mass is 603 g/mol. The summed E-state index contributed by atoms with van der Waals surface area (Å²) in [4.78, 5) is 75.7. The van der Waals surface area contributed by atoms with Crippen LogP contribution >= 0.6 is 0 Å². The van der Waals surface area contributed by atoms with Gasteiger partial charge in [-0.15, -0.1) is 0 Å². The lowest BCUT2D eigenvalue weighted by Gasteiger charge is -2.26. The quantitative estimate of drug-likeness (QED) is 0.140. The predicted octanol–water partition coefficient (Wildman–Crippen LogP) is 1.98. The molecule has 3 atom stereocenters. The van der Waals surface area contributed by atoms with Gasteiger partial charge in [0.1, 0.15) is 12.1 Å². The van der Waals surface area contributed by atoms with E-state index in [2.05, 4.69) is 26.6 Å². The van der Waals surface area contributed by atoms with E-state index in [0.717, 1.165) is 13.0 Å². The molecule has 1 saturated heterocycles. The van der Waals surface area contributed by atoms with Crippen molar-refractivity contribution in [2.45, 2.75) is 111 Å². The normalized spacial score (nSPS) is 18.6. The molecule has 1 heterocycles. The minimum atomic E-state index is -0.858. The lowest BCUT2D eigenvalue weighted by molar-refractivity contribution is -0.133. The molecular weight excluding hydrogens is 554 g/mol. The average Bonchev–Trinajstić information content (AvgIpc) is 3.49. The standard InChI is InChI=1S/C31H49N5O7/c1-17(2)25(36-28(39)23-12-8-14-32-23)30(41)35-24(29(40)34-18(3)4)13-9-15-33-31(42)43-16-10-11-22-21(7)26(37)19(5)20(6)27(22)38/h17-18,23-25,32H,8-16H2,1-7H3,(H,33,42)(H,34,40)(H,35,41)(H,36,39)/t23-,24-,25-/m0/s1. The van der Waals surface area contributed by atoms with Gasteiger partial charge in [-0.05, 0) is 85.6 Å². The summed E-state index contributed by atoms with van der Waals surface area (Å²) in [6.45, 7) is 13.3. The number of hydrogen-bond acceptors (Lipinski definition) is 8. The van der Waals surface area contributed by atoms with Gasteiger partial charge in [-0.1, -0.05) is 13.8 Å². The van der Waals surface area contributed by atoms with Crippen molar-refractivity contribution in [3.05, 3.63) is 22.3 Å². The van der Waals surface area contributed by atoms with E-state index in [1.807, 2.05) is 27.7 Å². The van der Waals surface area contributed by atoms with Crippen LogP contribution in [0.3, 0.4) is 0 Å². The summed E-state index contributed by atoms with van der Waals surface area (Å²) < 4.78 is 5.21. The van der Waals surface area contributed by atoms with Crippen LogP contribution in [0.5, 0.6) is 0 Å². The van der Waals surface area contributed by atoms with Crippen LogP contribution in [0.4, 0.5) is 4.79 Å². The van der Waals surface area contributed by atoms with Crippen molar-refractivity contribution in [3.8, 4) is 0 Å². The largest absolute Gasteiger partial charge is 0.450 e. The maximum absolute atomic E-state index is 13.2. The molecule has 12 nitrogen and oxygen atoms in total. The van der Waals surface area contributed by atoms with Crippen LogP contribution < -0.4 is 26.6 Å².